The van der Waals surface area contributed by atoms with E-state index in [4.69, 9.17) is 4.42 Å². The van der Waals surface area contributed by atoms with Crippen molar-refractivity contribution in [2.75, 3.05) is 4.90 Å². The van der Waals surface area contributed by atoms with Gasteiger partial charge in [-0.15, -0.1) is 0 Å². The monoisotopic (exact) mass is 661 g/mol. The molecule has 2 nitrogen and oxygen atoms in total. The number of hydrogen-bond donors (Lipinski definition) is 0. The zero-order valence-electron chi connectivity index (χ0n) is 28.3. The van der Waals surface area contributed by atoms with Gasteiger partial charge in [-0.05, 0) is 91.3 Å². The molecule has 1 heterocycles. The molecular formula is C50H31NO. The lowest BCUT2D eigenvalue weighted by molar-refractivity contribution is 0.669. The van der Waals surface area contributed by atoms with Gasteiger partial charge < -0.3 is 9.32 Å². The predicted octanol–water partition coefficient (Wildman–Crippen LogP) is 14.5. The summed E-state index contributed by atoms with van der Waals surface area (Å²) in [6, 6.07) is 68.0. The standard InChI is InChI=1S/C50H31NO/c1-3-16-36-32(12-1)14-9-23-44(36)51(45-24-10-15-33-13-2-4-17-37(33)45)35-28-26-34(27-29-35)38-21-11-22-40-42-30-31-47-50(43-20-7-8-25-46(43)52-47)49(42)41-19-6-5-18-39(41)48(38)40/h1-31H. The molecule has 0 fully saturated rings. The van der Waals surface area contributed by atoms with Crippen molar-refractivity contribution in [3.63, 3.8) is 0 Å². The molecule has 52 heavy (non-hydrogen) atoms. The summed E-state index contributed by atoms with van der Waals surface area (Å²) in [5.74, 6) is 0. The fourth-order valence-electron chi connectivity index (χ4n) is 8.55. The predicted molar refractivity (Wildman–Crippen MR) is 221 cm³/mol. The molecule has 0 amide bonds. The largest absolute Gasteiger partial charge is 0.456 e. The topological polar surface area (TPSA) is 16.4 Å². The van der Waals surface area contributed by atoms with E-state index in [-0.39, 0.29) is 0 Å². The van der Waals surface area contributed by atoms with Gasteiger partial charge in [-0.25, -0.2) is 0 Å². The van der Waals surface area contributed by atoms with Crippen molar-refractivity contribution in [2.45, 2.75) is 0 Å². The van der Waals surface area contributed by atoms with Crippen LogP contribution in [-0.4, -0.2) is 0 Å². The van der Waals surface area contributed by atoms with Gasteiger partial charge in [-0.3, -0.25) is 0 Å². The summed E-state index contributed by atoms with van der Waals surface area (Å²) in [4.78, 5) is 2.42. The van der Waals surface area contributed by atoms with Gasteiger partial charge in [0.25, 0.3) is 0 Å². The first-order valence-electron chi connectivity index (χ1n) is 17.9. The molecule has 0 bridgehead atoms. The lowest BCUT2D eigenvalue weighted by atomic mass is 9.88. The Morgan fingerprint density at radius 3 is 1.48 bits per heavy atom. The molecule has 0 saturated heterocycles. The Morgan fingerprint density at radius 2 is 0.808 bits per heavy atom. The average molecular weight is 662 g/mol. The molecule has 0 aliphatic rings. The Kier molecular flexibility index (Phi) is 6.28. The number of anilines is 3. The van der Waals surface area contributed by atoms with E-state index in [1.54, 1.807) is 0 Å². The Morgan fingerprint density at radius 1 is 0.308 bits per heavy atom. The lowest BCUT2D eigenvalue weighted by Gasteiger charge is -2.28. The molecule has 0 saturated carbocycles. The van der Waals surface area contributed by atoms with Crippen molar-refractivity contribution in [3.05, 3.63) is 188 Å². The molecule has 0 radical (unpaired) electrons. The molecule has 2 heteroatoms. The summed E-state index contributed by atoms with van der Waals surface area (Å²) in [6.45, 7) is 0. The van der Waals surface area contributed by atoms with Gasteiger partial charge >= 0.3 is 0 Å². The first-order chi connectivity index (χ1) is 25.8. The van der Waals surface area contributed by atoms with E-state index in [9.17, 15) is 0 Å². The van der Waals surface area contributed by atoms with E-state index in [1.165, 1.54) is 70.4 Å². The molecule has 10 aromatic carbocycles. The van der Waals surface area contributed by atoms with Gasteiger partial charge in [0.1, 0.15) is 11.2 Å². The van der Waals surface area contributed by atoms with E-state index in [0.717, 1.165) is 33.6 Å². The highest BCUT2D eigenvalue weighted by molar-refractivity contribution is 6.36. The summed E-state index contributed by atoms with van der Waals surface area (Å²) in [5.41, 5.74) is 7.67. The highest BCUT2D eigenvalue weighted by atomic mass is 16.3. The van der Waals surface area contributed by atoms with Crippen molar-refractivity contribution in [1.82, 2.24) is 0 Å². The summed E-state index contributed by atoms with van der Waals surface area (Å²) in [7, 11) is 0. The van der Waals surface area contributed by atoms with Crippen LogP contribution < -0.4 is 4.90 Å². The lowest BCUT2D eigenvalue weighted by Crippen LogP contribution is -2.11. The van der Waals surface area contributed by atoms with Crippen LogP contribution in [-0.2, 0) is 0 Å². The second-order valence-corrected chi connectivity index (χ2v) is 13.6. The third-order valence-electron chi connectivity index (χ3n) is 10.8. The quantitative estimate of drug-likeness (QED) is 0.175. The molecule has 0 spiro atoms. The Balaban J connectivity index is 1.14. The van der Waals surface area contributed by atoms with E-state index in [1.807, 2.05) is 6.07 Å². The Bertz CT molecular complexity index is 3070. The number of benzene rings is 10. The van der Waals surface area contributed by atoms with Gasteiger partial charge in [0.05, 0.1) is 11.4 Å². The van der Waals surface area contributed by atoms with Crippen LogP contribution in [0.1, 0.15) is 0 Å². The number of hydrogen-bond acceptors (Lipinski definition) is 2. The van der Waals surface area contributed by atoms with E-state index in [0.29, 0.717) is 0 Å². The SMILES string of the molecule is c1ccc2c(N(c3ccc(-c4cccc5c6ccc7oc8ccccc8c7c6c6ccccc6c45)cc3)c3cccc4ccccc34)cccc2c1. The molecule has 11 aromatic rings. The van der Waals surface area contributed by atoms with Gasteiger partial charge in [0, 0.05) is 32.6 Å². The van der Waals surface area contributed by atoms with Crippen LogP contribution in [0.2, 0.25) is 0 Å². The third kappa shape index (κ3) is 4.25. The van der Waals surface area contributed by atoms with Crippen molar-refractivity contribution >= 4 is 92.9 Å². The van der Waals surface area contributed by atoms with Crippen molar-refractivity contribution in [2.24, 2.45) is 0 Å². The fraction of sp³-hybridized carbons (Fsp3) is 0. The third-order valence-corrected chi connectivity index (χ3v) is 10.8. The number of furan rings is 1. The molecule has 0 aliphatic heterocycles. The summed E-state index contributed by atoms with van der Waals surface area (Å²) < 4.78 is 6.35. The minimum absolute atomic E-state index is 0.920. The fourth-order valence-corrected chi connectivity index (χ4v) is 8.55. The molecule has 0 atom stereocenters. The zero-order valence-corrected chi connectivity index (χ0v) is 28.3. The molecule has 0 N–H and O–H groups in total. The van der Waals surface area contributed by atoms with Gasteiger partial charge in [-0.1, -0.05) is 146 Å². The normalized spacial score (nSPS) is 11.8. The van der Waals surface area contributed by atoms with Crippen molar-refractivity contribution in [3.8, 4) is 11.1 Å². The van der Waals surface area contributed by atoms with E-state index in [2.05, 4.69) is 187 Å². The number of rotatable bonds is 4. The van der Waals surface area contributed by atoms with Gasteiger partial charge in [0.2, 0.25) is 0 Å². The second kappa shape index (κ2) is 11.3. The minimum atomic E-state index is 0.920. The van der Waals surface area contributed by atoms with Crippen LogP contribution in [0.5, 0.6) is 0 Å². The first kappa shape index (κ1) is 28.9. The molecule has 0 aliphatic carbocycles. The van der Waals surface area contributed by atoms with Gasteiger partial charge in [-0.2, -0.15) is 0 Å². The van der Waals surface area contributed by atoms with Gasteiger partial charge in [0.15, 0.2) is 0 Å². The average Bonchev–Trinajstić information content (AvgIpc) is 3.60. The first-order valence-corrected chi connectivity index (χ1v) is 17.9. The summed E-state index contributed by atoms with van der Waals surface area (Å²) >= 11 is 0. The maximum Gasteiger partial charge on any atom is 0.136 e. The van der Waals surface area contributed by atoms with Crippen molar-refractivity contribution < 1.29 is 4.42 Å². The van der Waals surface area contributed by atoms with Crippen LogP contribution >= 0.6 is 0 Å². The zero-order chi connectivity index (χ0) is 34.2. The van der Waals surface area contributed by atoms with Crippen molar-refractivity contribution in [1.29, 1.82) is 0 Å². The van der Waals surface area contributed by atoms with Crippen LogP contribution in [0.25, 0.3) is 86.9 Å². The van der Waals surface area contributed by atoms with Crippen LogP contribution in [0.4, 0.5) is 17.1 Å². The maximum atomic E-state index is 6.35. The second-order valence-electron chi connectivity index (χ2n) is 13.6. The highest BCUT2D eigenvalue weighted by Gasteiger charge is 2.20. The Labute approximate surface area is 300 Å². The molecule has 1 aromatic heterocycles. The number of nitrogens with zero attached hydrogens (tertiary/aromatic N) is 1. The number of fused-ring (bicyclic) bond motifs is 12. The smallest absolute Gasteiger partial charge is 0.136 e. The van der Waals surface area contributed by atoms with Crippen LogP contribution in [0, 0.1) is 0 Å². The molecule has 242 valence electrons. The molecule has 0 unspecified atom stereocenters. The van der Waals surface area contributed by atoms with E-state index < -0.39 is 0 Å². The Hall–Kier alpha value is -6.90. The summed E-state index contributed by atoms with van der Waals surface area (Å²) in [5, 5.41) is 14.7. The van der Waals surface area contributed by atoms with Crippen LogP contribution in [0.15, 0.2) is 192 Å². The maximum absolute atomic E-state index is 6.35. The van der Waals surface area contributed by atoms with Crippen LogP contribution in [0.3, 0.4) is 0 Å². The van der Waals surface area contributed by atoms with E-state index >= 15 is 0 Å². The molecular weight excluding hydrogens is 631 g/mol. The minimum Gasteiger partial charge on any atom is -0.456 e. The summed E-state index contributed by atoms with van der Waals surface area (Å²) in [6.07, 6.45) is 0. The highest BCUT2D eigenvalue weighted by Crippen LogP contribution is 2.46. The molecule has 11 rings (SSSR count). The number of para-hydroxylation sites is 1.